The van der Waals surface area contributed by atoms with E-state index in [1.165, 1.54) is 4.90 Å². The van der Waals surface area contributed by atoms with Crippen molar-refractivity contribution in [1.29, 1.82) is 0 Å². The molecule has 2 rings (SSSR count). The molecule has 0 bridgehead atoms. The molecule has 5 nitrogen and oxygen atoms in total. The molecule has 0 spiro atoms. The number of rotatable bonds is 4. The van der Waals surface area contributed by atoms with Gasteiger partial charge in [0, 0.05) is 23.9 Å². The Balaban J connectivity index is 2.29. The third-order valence-corrected chi connectivity index (χ3v) is 3.10. The maximum Gasteiger partial charge on any atom is 0.281 e. The van der Waals surface area contributed by atoms with Crippen LogP contribution in [0.15, 0.2) is 41.1 Å². The molecule has 2 aromatic heterocycles. The molecule has 20 heavy (non-hydrogen) atoms. The van der Waals surface area contributed by atoms with Crippen LogP contribution in [0, 0.1) is 0 Å². The summed E-state index contributed by atoms with van der Waals surface area (Å²) < 4.78 is 6.28. The van der Waals surface area contributed by atoms with Crippen molar-refractivity contribution in [3.63, 3.8) is 0 Å². The Labute approximate surface area is 125 Å². The van der Waals surface area contributed by atoms with Gasteiger partial charge < -0.3 is 4.74 Å². The molecule has 0 aliphatic heterocycles. The maximum atomic E-state index is 12.5. The van der Waals surface area contributed by atoms with Gasteiger partial charge in [0.2, 0.25) is 0 Å². The largest absolute Gasteiger partial charge is 0.491 e. The van der Waals surface area contributed by atoms with Gasteiger partial charge in [-0.05, 0) is 47.1 Å². The summed E-state index contributed by atoms with van der Waals surface area (Å²) in [7, 11) is 1.66. The Morgan fingerprint density at radius 3 is 2.80 bits per heavy atom. The Morgan fingerprint density at radius 2 is 2.15 bits per heavy atom. The van der Waals surface area contributed by atoms with Gasteiger partial charge in [0.25, 0.3) is 5.91 Å². The second kappa shape index (κ2) is 6.47. The van der Waals surface area contributed by atoms with Gasteiger partial charge in [0.1, 0.15) is 5.82 Å². The van der Waals surface area contributed by atoms with Crippen LogP contribution in [0.2, 0.25) is 0 Å². The minimum atomic E-state index is -0.260. The number of hydrogen-bond acceptors (Lipinski definition) is 4. The van der Waals surface area contributed by atoms with Crippen LogP contribution in [-0.4, -0.2) is 29.5 Å². The fraction of sp³-hybridized carbons (Fsp3) is 0.214. The summed E-state index contributed by atoms with van der Waals surface area (Å²) >= 11 is 3.31. The van der Waals surface area contributed by atoms with Crippen molar-refractivity contribution in [1.82, 2.24) is 9.97 Å². The number of pyridine rings is 2. The van der Waals surface area contributed by atoms with Crippen molar-refractivity contribution in [3.8, 4) is 5.75 Å². The number of ether oxygens (including phenoxy) is 1. The summed E-state index contributed by atoms with van der Waals surface area (Å²) in [6, 6.07) is 7.05. The minimum absolute atomic E-state index is 0.260. The second-order valence-corrected chi connectivity index (χ2v) is 4.90. The van der Waals surface area contributed by atoms with E-state index in [4.69, 9.17) is 4.74 Å². The zero-order valence-electron chi connectivity index (χ0n) is 11.2. The van der Waals surface area contributed by atoms with Crippen LogP contribution < -0.4 is 9.64 Å². The topological polar surface area (TPSA) is 55.3 Å². The lowest BCUT2D eigenvalue weighted by atomic mass is 10.3. The Bertz CT molecular complexity index is 602. The lowest BCUT2D eigenvalue weighted by Crippen LogP contribution is -2.28. The molecule has 0 saturated heterocycles. The number of amides is 1. The van der Waals surface area contributed by atoms with Crippen molar-refractivity contribution in [2.75, 3.05) is 18.6 Å². The monoisotopic (exact) mass is 335 g/mol. The molecule has 0 saturated carbocycles. The minimum Gasteiger partial charge on any atom is -0.491 e. The van der Waals surface area contributed by atoms with Crippen LogP contribution in [0.1, 0.15) is 17.4 Å². The molecular weight excluding hydrogens is 322 g/mol. The van der Waals surface area contributed by atoms with E-state index in [1.807, 2.05) is 13.0 Å². The molecule has 0 unspecified atom stereocenters. The molecule has 104 valence electrons. The summed E-state index contributed by atoms with van der Waals surface area (Å²) in [5.74, 6) is 0.763. The molecule has 0 aromatic carbocycles. The Hall–Kier alpha value is -1.95. The SMILES string of the molecule is CCOc1cccnc1C(=O)N(C)c1ccc(Br)cn1. The summed E-state index contributed by atoms with van der Waals surface area (Å²) in [5.41, 5.74) is 0.279. The zero-order chi connectivity index (χ0) is 14.5. The third-order valence-electron chi connectivity index (χ3n) is 2.63. The van der Waals surface area contributed by atoms with Gasteiger partial charge in [0.05, 0.1) is 6.61 Å². The van der Waals surface area contributed by atoms with Crippen molar-refractivity contribution < 1.29 is 9.53 Å². The first-order chi connectivity index (χ1) is 9.63. The number of aromatic nitrogens is 2. The van der Waals surface area contributed by atoms with Gasteiger partial charge in [-0.1, -0.05) is 0 Å². The molecule has 0 fully saturated rings. The van der Waals surface area contributed by atoms with Gasteiger partial charge in [-0.3, -0.25) is 9.69 Å². The normalized spacial score (nSPS) is 10.2. The van der Waals surface area contributed by atoms with Gasteiger partial charge in [-0.15, -0.1) is 0 Å². The van der Waals surface area contributed by atoms with Gasteiger partial charge >= 0.3 is 0 Å². The summed E-state index contributed by atoms with van der Waals surface area (Å²) in [6.45, 7) is 2.34. The van der Waals surface area contributed by atoms with E-state index >= 15 is 0 Å². The predicted octanol–water partition coefficient (Wildman–Crippen LogP) is 2.91. The number of halogens is 1. The van der Waals surface area contributed by atoms with Crippen molar-refractivity contribution in [3.05, 3.63) is 46.8 Å². The summed E-state index contributed by atoms with van der Waals surface area (Å²) in [4.78, 5) is 22.2. The molecule has 0 aliphatic carbocycles. The average Bonchev–Trinajstić information content (AvgIpc) is 2.47. The van der Waals surface area contributed by atoms with E-state index in [1.54, 1.807) is 37.6 Å². The molecule has 2 aromatic rings. The fourth-order valence-electron chi connectivity index (χ4n) is 1.65. The molecule has 0 N–H and O–H groups in total. The molecule has 0 aliphatic rings. The summed E-state index contributed by atoms with van der Waals surface area (Å²) in [6.07, 6.45) is 3.21. The van der Waals surface area contributed by atoms with E-state index in [0.29, 0.717) is 18.2 Å². The number of anilines is 1. The number of carbonyl (C=O) groups is 1. The summed E-state index contributed by atoms with van der Waals surface area (Å²) in [5, 5.41) is 0. The van der Waals surface area contributed by atoms with Crippen LogP contribution in [0.4, 0.5) is 5.82 Å². The first-order valence-electron chi connectivity index (χ1n) is 6.11. The van der Waals surface area contributed by atoms with Crippen molar-refractivity contribution in [2.24, 2.45) is 0 Å². The smallest absolute Gasteiger partial charge is 0.281 e. The lowest BCUT2D eigenvalue weighted by molar-refractivity contribution is 0.0983. The van der Waals surface area contributed by atoms with E-state index in [-0.39, 0.29) is 11.6 Å². The first kappa shape index (κ1) is 14.5. The number of hydrogen-bond donors (Lipinski definition) is 0. The highest BCUT2D eigenvalue weighted by Gasteiger charge is 2.20. The van der Waals surface area contributed by atoms with E-state index in [0.717, 1.165) is 4.47 Å². The van der Waals surface area contributed by atoms with Crippen LogP contribution in [0.5, 0.6) is 5.75 Å². The second-order valence-electron chi connectivity index (χ2n) is 3.98. The van der Waals surface area contributed by atoms with Crippen molar-refractivity contribution >= 4 is 27.7 Å². The highest BCUT2D eigenvalue weighted by atomic mass is 79.9. The van der Waals surface area contributed by atoms with Crippen LogP contribution in [0.3, 0.4) is 0 Å². The highest BCUT2D eigenvalue weighted by Crippen LogP contribution is 2.20. The zero-order valence-corrected chi connectivity index (χ0v) is 12.8. The number of nitrogens with zero attached hydrogens (tertiary/aromatic N) is 3. The molecule has 2 heterocycles. The van der Waals surface area contributed by atoms with Crippen LogP contribution in [-0.2, 0) is 0 Å². The van der Waals surface area contributed by atoms with Crippen molar-refractivity contribution in [2.45, 2.75) is 6.92 Å². The molecule has 0 atom stereocenters. The molecular formula is C14H14BrN3O2. The van der Waals surface area contributed by atoms with Gasteiger partial charge in [-0.2, -0.15) is 0 Å². The highest BCUT2D eigenvalue weighted by molar-refractivity contribution is 9.10. The third kappa shape index (κ3) is 3.14. The molecule has 0 radical (unpaired) electrons. The first-order valence-corrected chi connectivity index (χ1v) is 6.90. The number of carbonyl (C=O) groups excluding carboxylic acids is 1. The van der Waals surface area contributed by atoms with Gasteiger partial charge in [0.15, 0.2) is 11.4 Å². The van der Waals surface area contributed by atoms with Gasteiger partial charge in [-0.25, -0.2) is 9.97 Å². The average molecular weight is 336 g/mol. The van der Waals surface area contributed by atoms with E-state index in [2.05, 4.69) is 25.9 Å². The van der Waals surface area contributed by atoms with E-state index < -0.39 is 0 Å². The molecule has 6 heteroatoms. The lowest BCUT2D eigenvalue weighted by Gasteiger charge is -2.17. The fourth-order valence-corrected chi connectivity index (χ4v) is 1.89. The van der Waals surface area contributed by atoms with Crippen LogP contribution in [0.25, 0.3) is 0 Å². The Morgan fingerprint density at radius 1 is 1.35 bits per heavy atom. The maximum absolute atomic E-state index is 12.5. The molecule has 1 amide bonds. The van der Waals surface area contributed by atoms with E-state index in [9.17, 15) is 4.79 Å². The Kier molecular flexibility index (Phi) is 4.68. The quantitative estimate of drug-likeness (QED) is 0.861. The van der Waals surface area contributed by atoms with Crippen LogP contribution >= 0.6 is 15.9 Å². The predicted molar refractivity (Wildman–Crippen MR) is 80.1 cm³/mol. The standard InChI is InChI=1S/C14H14BrN3O2/c1-3-20-11-5-4-8-16-13(11)14(19)18(2)12-7-6-10(15)9-17-12/h4-9H,3H2,1-2H3.